The van der Waals surface area contributed by atoms with E-state index in [9.17, 15) is 14.0 Å². The summed E-state index contributed by atoms with van der Waals surface area (Å²) < 4.78 is 26.3. The monoisotopic (exact) mass is 413 g/mol. The highest BCUT2D eigenvalue weighted by atomic mass is 19.1. The second-order valence-electron chi connectivity index (χ2n) is 6.85. The number of nitrogens with zero attached hydrogens (tertiary/aromatic N) is 3. The molecular weight excluding hydrogens is 393 g/mol. The zero-order chi connectivity index (χ0) is 21.1. The van der Waals surface area contributed by atoms with Crippen LogP contribution in [0.1, 0.15) is 28.0 Å². The van der Waals surface area contributed by atoms with Gasteiger partial charge in [-0.2, -0.15) is 5.10 Å². The van der Waals surface area contributed by atoms with Gasteiger partial charge in [0.2, 0.25) is 5.79 Å². The number of aromatic amines is 1. The number of benzene rings is 1. The van der Waals surface area contributed by atoms with Gasteiger partial charge in [-0.1, -0.05) is 12.1 Å². The van der Waals surface area contributed by atoms with Gasteiger partial charge in [0.25, 0.3) is 5.91 Å². The van der Waals surface area contributed by atoms with Crippen LogP contribution in [0.15, 0.2) is 47.7 Å². The number of aryl methyl sites for hydroxylation is 1. The Morgan fingerprint density at radius 3 is 2.70 bits per heavy atom. The van der Waals surface area contributed by atoms with E-state index in [1.165, 1.54) is 29.2 Å². The Bertz CT molecular complexity index is 1100. The molecule has 0 radical (unpaired) electrons. The molecule has 0 bridgehead atoms. The first-order valence-corrected chi connectivity index (χ1v) is 9.40. The van der Waals surface area contributed by atoms with Gasteiger partial charge in [0.15, 0.2) is 0 Å². The molecule has 156 valence electrons. The van der Waals surface area contributed by atoms with Gasteiger partial charge in [0.05, 0.1) is 42.9 Å². The van der Waals surface area contributed by atoms with Crippen LogP contribution in [-0.2, 0) is 15.3 Å². The number of nitrogens with one attached hydrogen (secondary N) is 2. The molecule has 1 aliphatic rings. The van der Waals surface area contributed by atoms with Crippen molar-refractivity contribution in [3.8, 4) is 5.69 Å². The molecular formula is C20H20FN5O4. The molecule has 30 heavy (non-hydrogen) atoms. The van der Waals surface area contributed by atoms with Gasteiger partial charge >= 0.3 is 5.69 Å². The largest absolute Gasteiger partial charge is 0.347 e. The fourth-order valence-electron chi connectivity index (χ4n) is 3.26. The number of pyridine rings is 1. The Hall–Kier alpha value is -3.37. The third kappa shape index (κ3) is 3.87. The Morgan fingerprint density at radius 1 is 1.30 bits per heavy atom. The van der Waals surface area contributed by atoms with Crippen LogP contribution >= 0.6 is 0 Å². The average Bonchev–Trinajstić information content (AvgIpc) is 3.19. The van der Waals surface area contributed by atoms with Crippen LogP contribution in [-0.4, -0.2) is 45.4 Å². The van der Waals surface area contributed by atoms with E-state index in [1.807, 2.05) is 0 Å². The number of H-pyrrole nitrogens is 1. The third-order valence-corrected chi connectivity index (χ3v) is 4.87. The molecule has 2 N–H and O–H groups in total. The first-order chi connectivity index (χ1) is 14.5. The van der Waals surface area contributed by atoms with E-state index in [0.717, 1.165) is 6.42 Å². The number of carbonyl (C=O) groups excluding carboxylic acids is 1. The van der Waals surface area contributed by atoms with Gasteiger partial charge in [-0.3, -0.25) is 9.78 Å². The molecule has 0 spiro atoms. The third-order valence-electron chi connectivity index (χ3n) is 4.87. The van der Waals surface area contributed by atoms with Crippen molar-refractivity contribution in [1.82, 2.24) is 25.1 Å². The van der Waals surface area contributed by atoms with E-state index < -0.39 is 17.4 Å². The second kappa shape index (κ2) is 8.17. The van der Waals surface area contributed by atoms with E-state index >= 15 is 0 Å². The average molecular weight is 413 g/mol. The summed E-state index contributed by atoms with van der Waals surface area (Å²) >= 11 is 0. The van der Waals surface area contributed by atoms with Gasteiger partial charge in [0, 0.05) is 5.56 Å². The van der Waals surface area contributed by atoms with Crippen molar-refractivity contribution in [2.75, 3.05) is 19.8 Å². The molecule has 3 heterocycles. The number of ether oxygens (including phenoxy) is 2. The molecule has 4 rings (SSSR count). The summed E-state index contributed by atoms with van der Waals surface area (Å²) in [6.07, 6.45) is 3.52. The molecule has 0 unspecified atom stereocenters. The fourth-order valence-corrected chi connectivity index (χ4v) is 3.26. The lowest BCUT2D eigenvalue weighted by molar-refractivity contribution is -0.271. The minimum absolute atomic E-state index is 0.0206. The smallest absolute Gasteiger partial charge is 0.346 e. The minimum Gasteiger partial charge on any atom is -0.346 e. The maximum absolute atomic E-state index is 13.4. The normalized spacial score (nSPS) is 15.7. The Kier molecular flexibility index (Phi) is 5.42. The number of rotatable bonds is 5. The van der Waals surface area contributed by atoms with Crippen molar-refractivity contribution < 1.29 is 18.7 Å². The Labute approximate surface area is 170 Å². The first kappa shape index (κ1) is 19.9. The summed E-state index contributed by atoms with van der Waals surface area (Å²) in [5.74, 6) is -1.98. The quantitative estimate of drug-likeness (QED) is 0.655. The standard InChI is InChI=1S/C20H20FN5O4/c1-13-17(9-16(10-22-13)26-12-24-25-19(26)28)18(27)23-11-20(29-7-2-8-30-20)14-3-5-15(21)6-4-14/h3-6,9-10,12H,2,7-8,11H2,1H3,(H,23,27)(H,25,28). The highest BCUT2D eigenvalue weighted by Crippen LogP contribution is 2.30. The predicted molar refractivity (Wildman–Crippen MR) is 104 cm³/mol. The molecule has 3 aromatic rings. The summed E-state index contributed by atoms with van der Waals surface area (Å²) in [5, 5.41) is 8.79. The molecule has 10 heteroatoms. The lowest BCUT2D eigenvalue weighted by atomic mass is 10.0. The molecule has 2 aromatic heterocycles. The van der Waals surface area contributed by atoms with Gasteiger partial charge < -0.3 is 14.8 Å². The van der Waals surface area contributed by atoms with Gasteiger partial charge in [0.1, 0.15) is 12.1 Å². The molecule has 1 saturated heterocycles. The number of aromatic nitrogens is 4. The van der Waals surface area contributed by atoms with Crippen molar-refractivity contribution in [2.24, 2.45) is 0 Å². The van der Waals surface area contributed by atoms with Crippen molar-refractivity contribution in [2.45, 2.75) is 19.1 Å². The fraction of sp³-hybridized carbons (Fsp3) is 0.300. The molecule has 1 aromatic carbocycles. The summed E-state index contributed by atoms with van der Waals surface area (Å²) in [6, 6.07) is 7.35. The lowest BCUT2D eigenvalue weighted by Crippen LogP contribution is -2.47. The van der Waals surface area contributed by atoms with E-state index in [1.54, 1.807) is 25.1 Å². The minimum atomic E-state index is -1.21. The zero-order valence-electron chi connectivity index (χ0n) is 16.2. The van der Waals surface area contributed by atoms with Crippen molar-refractivity contribution >= 4 is 5.91 Å². The van der Waals surface area contributed by atoms with Crippen molar-refractivity contribution in [1.29, 1.82) is 0 Å². The Balaban J connectivity index is 1.58. The SMILES string of the molecule is Cc1ncc(-n2cn[nH]c2=O)cc1C(=O)NCC1(c2ccc(F)cc2)OCCCO1. The van der Waals surface area contributed by atoms with E-state index in [0.29, 0.717) is 35.7 Å². The molecule has 9 nitrogen and oxygen atoms in total. The zero-order valence-corrected chi connectivity index (χ0v) is 16.2. The van der Waals surface area contributed by atoms with Crippen LogP contribution in [0.4, 0.5) is 4.39 Å². The first-order valence-electron chi connectivity index (χ1n) is 9.40. The number of halogens is 1. The number of amides is 1. The maximum Gasteiger partial charge on any atom is 0.347 e. The van der Waals surface area contributed by atoms with E-state index in [-0.39, 0.29) is 12.4 Å². The van der Waals surface area contributed by atoms with E-state index in [2.05, 4.69) is 20.5 Å². The number of hydrogen-bond donors (Lipinski definition) is 2. The van der Waals surface area contributed by atoms with Crippen LogP contribution in [0.5, 0.6) is 0 Å². The van der Waals surface area contributed by atoms with Crippen molar-refractivity contribution in [3.63, 3.8) is 0 Å². The maximum atomic E-state index is 13.4. The van der Waals surface area contributed by atoms with Crippen LogP contribution in [0.2, 0.25) is 0 Å². The number of carbonyl (C=O) groups is 1. The number of hydrogen-bond acceptors (Lipinski definition) is 6. The van der Waals surface area contributed by atoms with Crippen LogP contribution in [0, 0.1) is 12.7 Å². The van der Waals surface area contributed by atoms with E-state index in [4.69, 9.17) is 9.47 Å². The van der Waals surface area contributed by atoms with Crippen LogP contribution < -0.4 is 11.0 Å². The summed E-state index contributed by atoms with van der Waals surface area (Å²) in [5.41, 5.74) is 1.37. The van der Waals surface area contributed by atoms with Crippen molar-refractivity contribution in [3.05, 3.63) is 76.0 Å². The van der Waals surface area contributed by atoms with Crippen LogP contribution in [0.25, 0.3) is 5.69 Å². The van der Waals surface area contributed by atoms with Crippen LogP contribution in [0.3, 0.4) is 0 Å². The highest BCUT2D eigenvalue weighted by molar-refractivity contribution is 5.95. The Morgan fingerprint density at radius 2 is 2.03 bits per heavy atom. The molecule has 0 atom stereocenters. The molecule has 0 aliphatic carbocycles. The van der Waals surface area contributed by atoms with Gasteiger partial charge in [-0.15, -0.1) is 0 Å². The lowest BCUT2D eigenvalue weighted by Gasteiger charge is -2.37. The summed E-state index contributed by atoms with van der Waals surface area (Å²) in [6.45, 7) is 2.62. The molecule has 1 aliphatic heterocycles. The second-order valence-corrected chi connectivity index (χ2v) is 6.85. The topological polar surface area (TPSA) is 111 Å². The molecule has 1 fully saturated rings. The highest BCUT2D eigenvalue weighted by Gasteiger charge is 2.37. The molecule has 1 amide bonds. The van der Waals surface area contributed by atoms with Gasteiger partial charge in [-0.05, 0) is 31.5 Å². The van der Waals surface area contributed by atoms with Gasteiger partial charge in [-0.25, -0.2) is 18.9 Å². The molecule has 0 saturated carbocycles. The predicted octanol–water partition coefficient (Wildman–Crippen LogP) is 1.42. The summed E-state index contributed by atoms with van der Waals surface area (Å²) in [7, 11) is 0. The summed E-state index contributed by atoms with van der Waals surface area (Å²) in [4.78, 5) is 28.9.